The first-order valence-electron chi connectivity index (χ1n) is 12.7. The number of phenols is 1. The van der Waals surface area contributed by atoms with Crippen LogP contribution in [0.25, 0.3) is 22.9 Å². The smallest absolute Gasteiger partial charge is 0.258 e. The van der Waals surface area contributed by atoms with E-state index in [9.17, 15) is 9.90 Å². The van der Waals surface area contributed by atoms with Crippen molar-refractivity contribution in [2.75, 3.05) is 20.2 Å². The molecule has 1 aliphatic rings. The van der Waals surface area contributed by atoms with Crippen LogP contribution in [0.3, 0.4) is 0 Å². The Morgan fingerprint density at radius 3 is 2.70 bits per heavy atom. The van der Waals surface area contributed by atoms with Gasteiger partial charge in [0.05, 0.1) is 12.8 Å². The summed E-state index contributed by atoms with van der Waals surface area (Å²) in [6, 6.07) is 17.3. The molecule has 4 aromatic rings. The molecule has 0 saturated carbocycles. The molecule has 3 heterocycles. The van der Waals surface area contributed by atoms with Crippen molar-refractivity contribution in [3.05, 3.63) is 100 Å². The van der Waals surface area contributed by atoms with Crippen LogP contribution in [-0.2, 0) is 19.5 Å². The molecular formula is C30H32N4O3. The third-order valence-corrected chi connectivity index (χ3v) is 6.82. The molecule has 37 heavy (non-hydrogen) atoms. The fourth-order valence-electron chi connectivity index (χ4n) is 4.95. The molecule has 1 N–H and O–H groups in total. The van der Waals surface area contributed by atoms with Crippen molar-refractivity contribution >= 4 is 6.08 Å². The monoisotopic (exact) mass is 496 g/mol. The molecule has 2 aromatic heterocycles. The Hall–Kier alpha value is -4.10. The predicted octanol–water partition coefficient (Wildman–Crippen LogP) is 4.90. The van der Waals surface area contributed by atoms with E-state index in [4.69, 9.17) is 4.74 Å². The fraction of sp³-hybridized carbons (Fsp3) is 0.267. The maximum absolute atomic E-state index is 13.5. The van der Waals surface area contributed by atoms with Gasteiger partial charge in [0.15, 0.2) is 11.5 Å². The zero-order valence-electron chi connectivity index (χ0n) is 21.3. The number of ether oxygens (including phenoxy) is 1. The standard InChI is InChI=1S/C30H32N4O3/c1-3-15-33-27-13-18-32(16-4-6-22-7-12-28(35)29(19-22)37-2)21-24(27)20-26(30(33)36)23-8-10-25(11-9-23)34-17-5-14-31-34/h4-12,14,17,19-20,35H,3,13,15-16,18,21H2,1-2H3/b6-4+. The number of aromatic hydroxyl groups is 1. The molecule has 0 unspecified atom stereocenters. The van der Waals surface area contributed by atoms with Gasteiger partial charge in [-0.25, -0.2) is 4.68 Å². The number of hydrogen-bond donors (Lipinski definition) is 1. The highest BCUT2D eigenvalue weighted by Gasteiger charge is 2.21. The van der Waals surface area contributed by atoms with Gasteiger partial charge in [0.25, 0.3) is 5.56 Å². The summed E-state index contributed by atoms with van der Waals surface area (Å²) in [5.41, 5.74) is 6.06. The molecule has 0 aliphatic carbocycles. The summed E-state index contributed by atoms with van der Waals surface area (Å²) in [6.45, 7) is 5.33. The summed E-state index contributed by atoms with van der Waals surface area (Å²) >= 11 is 0. The van der Waals surface area contributed by atoms with E-state index >= 15 is 0 Å². The molecule has 0 spiro atoms. The molecule has 0 radical (unpaired) electrons. The number of aromatic nitrogens is 3. The molecular weight excluding hydrogens is 464 g/mol. The molecule has 0 fully saturated rings. The number of pyridine rings is 1. The summed E-state index contributed by atoms with van der Waals surface area (Å²) in [5, 5.41) is 14.1. The van der Waals surface area contributed by atoms with E-state index < -0.39 is 0 Å². The van der Waals surface area contributed by atoms with E-state index in [1.807, 2.05) is 64.0 Å². The van der Waals surface area contributed by atoms with Gasteiger partial charge in [-0.1, -0.05) is 37.3 Å². The Balaban J connectivity index is 1.39. The lowest BCUT2D eigenvalue weighted by molar-refractivity contribution is 0.275. The van der Waals surface area contributed by atoms with E-state index in [0.717, 1.165) is 67.1 Å². The van der Waals surface area contributed by atoms with Crippen LogP contribution in [0.2, 0.25) is 0 Å². The topological polar surface area (TPSA) is 72.5 Å². The second-order valence-electron chi connectivity index (χ2n) is 9.30. The molecule has 190 valence electrons. The average Bonchev–Trinajstić information content (AvgIpc) is 3.46. The first-order valence-corrected chi connectivity index (χ1v) is 12.7. The van der Waals surface area contributed by atoms with Crippen LogP contribution < -0.4 is 10.3 Å². The minimum Gasteiger partial charge on any atom is -0.504 e. The molecule has 0 amide bonds. The lowest BCUT2D eigenvalue weighted by Gasteiger charge is -2.30. The second-order valence-corrected chi connectivity index (χ2v) is 9.30. The normalized spacial score (nSPS) is 13.7. The number of rotatable bonds is 8. The molecule has 7 nitrogen and oxygen atoms in total. The molecule has 0 bridgehead atoms. The highest BCUT2D eigenvalue weighted by molar-refractivity contribution is 5.65. The van der Waals surface area contributed by atoms with Gasteiger partial charge in [-0.3, -0.25) is 9.69 Å². The number of nitrogens with zero attached hydrogens (tertiary/aromatic N) is 4. The number of phenolic OH excluding ortho intramolecular Hbond substituents is 1. The Morgan fingerprint density at radius 2 is 1.97 bits per heavy atom. The third-order valence-electron chi connectivity index (χ3n) is 6.82. The van der Waals surface area contributed by atoms with E-state index in [-0.39, 0.29) is 11.3 Å². The van der Waals surface area contributed by atoms with E-state index in [2.05, 4.69) is 29.1 Å². The van der Waals surface area contributed by atoms with Gasteiger partial charge in [-0.2, -0.15) is 5.10 Å². The summed E-state index contributed by atoms with van der Waals surface area (Å²) < 4.78 is 9.01. The maximum Gasteiger partial charge on any atom is 0.258 e. The molecule has 0 saturated heterocycles. The molecule has 0 atom stereocenters. The van der Waals surface area contributed by atoms with Crippen molar-refractivity contribution in [1.82, 2.24) is 19.2 Å². The van der Waals surface area contributed by atoms with Gasteiger partial charge in [0, 0.05) is 56.3 Å². The van der Waals surface area contributed by atoms with Gasteiger partial charge in [-0.05, 0) is 59.5 Å². The fourth-order valence-corrected chi connectivity index (χ4v) is 4.95. The lowest BCUT2D eigenvalue weighted by atomic mass is 9.98. The summed E-state index contributed by atoms with van der Waals surface area (Å²) in [7, 11) is 1.55. The largest absolute Gasteiger partial charge is 0.504 e. The number of fused-ring (bicyclic) bond motifs is 1. The van der Waals surface area contributed by atoms with Crippen LogP contribution in [0, 0.1) is 0 Å². The lowest BCUT2D eigenvalue weighted by Crippen LogP contribution is -2.36. The zero-order chi connectivity index (χ0) is 25.8. The maximum atomic E-state index is 13.5. The Kier molecular flexibility index (Phi) is 7.23. The Labute approximate surface area is 216 Å². The van der Waals surface area contributed by atoms with Crippen LogP contribution in [0.15, 0.2) is 77.9 Å². The van der Waals surface area contributed by atoms with Crippen LogP contribution in [0.4, 0.5) is 0 Å². The zero-order valence-corrected chi connectivity index (χ0v) is 21.3. The van der Waals surface area contributed by atoms with Crippen LogP contribution in [-0.4, -0.2) is 44.6 Å². The Morgan fingerprint density at radius 1 is 1.14 bits per heavy atom. The van der Waals surface area contributed by atoms with E-state index in [0.29, 0.717) is 5.75 Å². The van der Waals surface area contributed by atoms with Crippen LogP contribution in [0.1, 0.15) is 30.2 Å². The highest BCUT2D eigenvalue weighted by atomic mass is 16.5. The molecule has 7 heteroatoms. The van der Waals surface area contributed by atoms with Crippen molar-refractivity contribution in [3.8, 4) is 28.3 Å². The summed E-state index contributed by atoms with van der Waals surface area (Å²) in [4.78, 5) is 15.9. The summed E-state index contributed by atoms with van der Waals surface area (Å²) in [6.07, 6.45) is 9.60. The van der Waals surface area contributed by atoms with Gasteiger partial charge in [0.2, 0.25) is 0 Å². The van der Waals surface area contributed by atoms with Crippen molar-refractivity contribution < 1.29 is 9.84 Å². The first-order chi connectivity index (χ1) is 18.1. The number of benzene rings is 2. The SMILES string of the molecule is CCCn1c2c(cc(-c3ccc(-n4cccn4)cc3)c1=O)CN(C/C=C/c1ccc(O)c(OC)c1)CC2. The average molecular weight is 497 g/mol. The van der Waals surface area contributed by atoms with Crippen LogP contribution in [0.5, 0.6) is 11.5 Å². The van der Waals surface area contributed by atoms with Gasteiger partial charge < -0.3 is 14.4 Å². The Bertz CT molecular complexity index is 1450. The van der Waals surface area contributed by atoms with Crippen LogP contribution >= 0.6 is 0 Å². The minimum absolute atomic E-state index is 0.0852. The number of methoxy groups -OCH3 is 1. The third kappa shape index (κ3) is 5.22. The van der Waals surface area contributed by atoms with Crippen molar-refractivity contribution in [2.45, 2.75) is 32.9 Å². The quantitative estimate of drug-likeness (QED) is 0.376. The first kappa shape index (κ1) is 24.6. The van der Waals surface area contributed by atoms with Crippen molar-refractivity contribution in [3.63, 3.8) is 0 Å². The predicted molar refractivity (Wildman–Crippen MR) is 146 cm³/mol. The van der Waals surface area contributed by atoms with Crippen molar-refractivity contribution in [1.29, 1.82) is 0 Å². The highest BCUT2D eigenvalue weighted by Crippen LogP contribution is 2.27. The van der Waals surface area contributed by atoms with E-state index in [1.54, 1.807) is 19.4 Å². The van der Waals surface area contributed by atoms with E-state index in [1.165, 1.54) is 5.56 Å². The van der Waals surface area contributed by atoms with Gasteiger partial charge >= 0.3 is 0 Å². The van der Waals surface area contributed by atoms with Crippen molar-refractivity contribution in [2.24, 2.45) is 0 Å². The minimum atomic E-state index is 0.0852. The molecule has 2 aromatic carbocycles. The van der Waals surface area contributed by atoms with Gasteiger partial charge in [-0.15, -0.1) is 0 Å². The van der Waals surface area contributed by atoms with Gasteiger partial charge in [0.1, 0.15) is 0 Å². The molecule has 5 rings (SSSR count). The molecule has 1 aliphatic heterocycles. The number of hydrogen-bond acceptors (Lipinski definition) is 5. The summed E-state index contributed by atoms with van der Waals surface area (Å²) in [5.74, 6) is 0.602. The second kappa shape index (κ2) is 10.9.